The molecule has 1 saturated heterocycles. The molecule has 1 unspecified atom stereocenters. The van der Waals surface area contributed by atoms with Crippen molar-refractivity contribution >= 4 is 40.0 Å². The molecule has 2 rings (SSSR count). The van der Waals surface area contributed by atoms with Crippen LogP contribution in [-0.4, -0.2) is 24.4 Å². The molecule has 0 bridgehead atoms. The van der Waals surface area contributed by atoms with Crippen LogP contribution in [0.25, 0.3) is 0 Å². The number of anilines is 1. The van der Waals surface area contributed by atoms with E-state index < -0.39 is 0 Å². The lowest BCUT2D eigenvalue weighted by atomic mass is 10.2. The van der Waals surface area contributed by atoms with E-state index in [1.54, 1.807) is 23.1 Å². The number of halogens is 2. The van der Waals surface area contributed by atoms with Gasteiger partial charge < -0.3 is 13.8 Å². The molecule has 1 heterocycles. The van der Waals surface area contributed by atoms with Gasteiger partial charge in [-0.25, -0.2) is 0 Å². The van der Waals surface area contributed by atoms with E-state index in [-0.39, 0.29) is 28.9 Å². The maximum absolute atomic E-state index is 12.1. The lowest BCUT2D eigenvalue weighted by Gasteiger charge is -2.17. The van der Waals surface area contributed by atoms with Crippen LogP contribution in [0.5, 0.6) is 11.5 Å². The lowest BCUT2D eigenvalue weighted by Crippen LogP contribution is -2.26. The Hall–Kier alpha value is -0.950. The van der Waals surface area contributed by atoms with Crippen molar-refractivity contribution in [1.29, 1.82) is 0 Å². The summed E-state index contributed by atoms with van der Waals surface area (Å²) in [5.41, 5.74) is 0.718. The molecule has 0 saturated carbocycles. The SMILES string of the molecule is COc1cc(N2CCC(Br)C2=O)ccc1OSF. The number of ether oxygens (including phenoxy) is 1. The van der Waals surface area contributed by atoms with Crippen molar-refractivity contribution in [2.75, 3.05) is 18.6 Å². The molecule has 7 heteroatoms. The summed E-state index contributed by atoms with van der Waals surface area (Å²) in [6.07, 6.45) is 0.764. The highest BCUT2D eigenvalue weighted by atomic mass is 79.9. The average molecular weight is 336 g/mol. The molecule has 98 valence electrons. The molecule has 1 aromatic carbocycles. The van der Waals surface area contributed by atoms with Crippen molar-refractivity contribution in [1.82, 2.24) is 0 Å². The summed E-state index contributed by atoms with van der Waals surface area (Å²) in [7, 11) is 1.47. The largest absolute Gasteiger partial charge is 0.493 e. The molecule has 1 fully saturated rings. The number of hydrogen-bond acceptors (Lipinski definition) is 4. The third-order valence-corrected chi connectivity index (χ3v) is 3.81. The van der Waals surface area contributed by atoms with Crippen molar-refractivity contribution in [3.05, 3.63) is 18.2 Å². The number of methoxy groups -OCH3 is 1. The Morgan fingerprint density at radius 2 is 2.28 bits per heavy atom. The van der Waals surface area contributed by atoms with Gasteiger partial charge in [0.2, 0.25) is 5.91 Å². The molecule has 1 aliphatic rings. The first-order valence-corrected chi connectivity index (χ1v) is 6.82. The van der Waals surface area contributed by atoms with Crippen molar-refractivity contribution in [2.24, 2.45) is 0 Å². The Morgan fingerprint density at radius 1 is 1.50 bits per heavy atom. The molecule has 1 aliphatic heterocycles. The molecular formula is C11H11BrFNO3S. The zero-order valence-corrected chi connectivity index (χ0v) is 12.0. The van der Waals surface area contributed by atoms with Crippen LogP contribution >= 0.6 is 28.4 Å². The van der Waals surface area contributed by atoms with E-state index in [9.17, 15) is 8.68 Å². The molecule has 0 radical (unpaired) electrons. The highest BCUT2D eigenvalue weighted by molar-refractivity contribution is 9.10. The Balaban J connectivity index is 2.27. The lowest BCUT2D eigenvalue weighted by molar-refractivity contribution is -0.116. The molecule has 0 aromatic heterocycles. The van der Waals surface area contributed by atoms with Crippen LogP contribution in [0.4, 0.5) is 9.57 Å². The van der Waals surface area contributed by atoms with Gasteiger partial charge in [0.05, 0.1) is 11.9 Å². The minimum atomic E-state index is -0.245. The monoisotopic (exact) mass is 335 g/mol. The average Bonchev–Trinajstić information content (AvgIpc) is 2.71. The van der Waals surface area contributed by atoms with Crippen LogP contribution < -0.4 is 13.8 Å². The standard InChI is InChI=1S/C11H11BrFNO3S/c1-16-10-6-7(2-3-9(10)17-18-13)14-5-4-8(12)11(14)15/h2-3,6,8H,4-5H2,1H3. The van der Waals surface area contributed by atoms with Crippen LogP contribution in [0.15, 0.2) is 18.2 Å². The molecule has 18 heavy (non-hydrogen) atoms. The molecule has 0 N–H and O–H groups in total. The van der Waals surface area contributed by atoms with Crippen LogP contribution in [0.1, 0.15) is 6.42 Å². The van der Waals surface area contributed by atoms with E-state index in [0.717, 1.165) is 12.1 Å². The number of benzene rings is 1. The molecule has 1 amide bonds. The van der Waals surface area contributed by atoms with E-state index in [1.807, 2.05) is 0 Å². The van der Waals surface area contributed by atoms with E-state index in [2.05, 4.69) is 15.9 Å². The summed E-state index contributed by atoms with van der Waals surface area (Å²) in [4.78, 5) is 13.4. The summed E-state index contributed by atoms with van der Waals surface area (Å²) in [6, 6.07) is 4.95. The Labute approximate surface area is 117 Å². The predicted molar refractivity (Wildman–Crippen MR) is 72.0 cm³/mol. The topological polar surface area (TPSA) is 38.8 Å². The van der Waals surface area contributed by atoms with E-state index in [4.69, 9.17) is 8.92 Å². The summed E-state index contributed by atoms with van der Waals surface area (Å²) in [6.45, 7) is 0.649. The second-order valence-electron chi connectivity index (χ2n) is 3.73. The van der Waals surface area contributed by atoms with Gasteiger partial charge in [-0.15, -0.1) is 3.89 Å². The summed E-state index contributed by atoms with van der Waals surface area (Å²) in [5.74, 6) is 0.699. The third kappa shape index (κ3) is 2.56. The fraction of sp³-hybridized carbons (Fsp3) is 0.364. The first-order valence-electron chi connectivity index (χ1n) is 5.26. The molecule has 4 nitrogen and oxygen atoms in total. The highest BCUT2D eigenvalue weighted by Crippen LogP contribution is 2.35. The van der Waals surface area contributed by atoms with Gasteiger partial charge in [-0.05, 0) is 18.6 Å². The van der Waals surface area contributed by atoms with Gasteiger partial charge >= 0.3 is 0 Å². The fourth-order valence-electron chi connectivity index (χ4n) is 1.83. The van der Waals surface area contributed by atoms with Gasteiger partial charge in [-0.2, -0.15) is 0 Å². The number of nitrogens with zero attached hydrogens (tertiary/aromatic N) is 1. The number of alkyl halides is 1. The van der Waals surface area contributed by atoms with Crippen LogP contribution in [0, 0.1) is 0 Å². The van der Waals surface area contributed by atoms with E-state index in [0.29, 0.717) is 12.3 Å². The zero-order chi connectivity index (χ0) is 13.1. The van der Waals surface area contributed by atoms with Crippen molar-refractivity contribution in [2.45, 2.75) is 11.2 Å². The zero-order valence-electron chi connectivity index (χ0n) is 9.56. The normalized spacial score (nSPS) is 19.2. The smallest absolute Gasteiger partial charge is 0.272 e. The number of hydrogen-bond donors (Lipinski definition) is 0. The van der Waals surface area contributed by atoms with Gasteiger partial charge in [-0.1, -0.05) is 15.9 Å². The van der Waals surface area contributed by atoms with Crippen molar-refractivity contribution in [3.63, 3.8) is 0 Å². The van der Waals surface area contributed by atoms with Crippen molar-refractivity contribution in [3.8, 4) is 11.5 Å². The van der Waals surface area contributed by atoms with E-state index >= 15 is 0 Å². The van der Waals surface area contributed by atoms with Gasteiger partial charge in [-0.3, -0.25) is 4.79 Å². The highest BCUT2D eigenvalue weighted by Gasteiger charge is 2.30. The predicted octanol–water partition coefficient (Wildman–Crippen LogP) is 3.11. The number of rotatable bonds is 4. The number of carbonyl (C=O) groups is 1. The summed E-state index contributed by atoms with van der Waals surface area (Å²) in [5, 5.41) is 0. The minimum Gasteiger partial charge on any atom is -0.493 e. The maximum atomic E-state index is 12.1. The minimum absolute atomic E-state index is 0.0191. The first-order chi connectivity index (χ1) is 8.67. The number of carbonyl (C=O) groups excluding carboxylic acids is 1. The number of amides is 1. The van der Waals surface area contributed by atoms with Gasteiger partial charge in [0.25, 0.3) is 12.4 Å². The Bertz CT molecular complexity index is 460. The molecule has 1 aromatic rings. The van der Waals surface area contributed by atoms with E-state index in [1.165, 1.54) is 7.11 Å². The summed E-state index contributed by atoms with van der Waals surface area (Å²) < 4.78 is 21.9. The molecule has 1 atom stereocenters. The quantitative estimate of drug-likeness (QED) is 0.626. The van der Waals surface area contributed by atoms with Crippen molar-refractivity contribution < 1.29 is 17.6 Å². The first kappa shape index (κ1) is 13.5. The maximum Gasteiger partial charge on any atom is 0.272 e. The summed E-state index contributed by atoms with van der Waals surface area (Å²) >= 11 is 3.07. The molecular weight excluding hydrogens is 325 g/mol. The van der Waals surface area contributed by atoms with Gasteiger partial charge in [0.15, 0.2) is 11.5 Å². The van der Waals surface area contributed by atoms with Crippen LogP contribution in [0.2, 0.25) is 0 Å². The second-order valence-corrected chi connectivity index (χ2v) is 5.13. The Kier molecular flexibility index (Phi) is 4.34. The second kappa shape index (κ2) is 5.79. The van der Waals surface area contributed by atoms with Gasteiger partial charge in [0, 0.05) is 18.3 Å². The van der Waals surface area contributed by atoms with Crippen LogP contribution in [0.3, 0.4) is 0 Å². The fourth-order valence-corrected chi connectivity index (χ4v) is 2.49. The Morgan fingerprint density at radius 3 is 2.83 bits per heavy atom. The van der Waals surface area contributed by atoms with Crippen LogP contribution in [-0.2, 0) is 4.79 Å². The molecule has 0 spiro atoms. The van der Waals surface area contributed by atoms with Gasteiger partial charge in [0.1, 0.15) is 0 Å². The molecule has 0 aliphatic carbocycles. The third-order valence-electron chi connectivity index (χ3n) is 2.72.